The van der Waals surface area contributed by atoms with Gasteiger partial charge in [0.15, 0.2) is 0 Å². The summed E-state index contributed by atoms with van der Waals surface area (Å²) in [6.07, 6.45) is 5.80. The fourth-order valence-corrected chi connectivity index (χ4v) is 2.74. The molecule has 1 saturated heterocycles. The number of nitrogens with zero attached hydrogens (tertiary/aromatic N) is 2. The van der Waals surface area contributed by atoms with Crippen LogP contribution in [-0.4, -0.2) is 48.7 Å². The van der Waals surface area contributed by atoms with Crippen molar-refractivity contribution in [2.24, 2.45) is 0 Å². The maximum Gasteiger partial charge on any atom is 0.259 e. The van der Waals surface area contributed by atoms with Crippen LogP contribution in [0, 0.1) is 0 Å². The largest absolute Gasteiger partial charge is 0.490 e. The van der Waals surface area contributed by atoms with Gasteiger partial charge in [0.2, 0.25) is 0 Å². The highest BCUT2D eigenvalue weighted by Crippen LogP contribution is 2.20. The van der Waals surface area contributed by atoms with Gasteiger partial charge in [-0.2, -0.15) is 5.10 Å². The van der Waals surface area contributed by atoms with Gasteiger partial charge >= 0.3 is 0 Å². The summed E-state index contributed by atoms with van der Waals surface area (Å²) in [6.45, 7) is 2.37. The Hall–Kier alpha value is -2.38. The summed E-state index contributed by atoms with van der Waals surface area (Å²) in [6, 6.07) is 7.14. The summed E-state index contributed by atoms with van der Waals surface area (Å²) < 4.78 is 18.0. The minimum absolute atomic E-state index is 0.207. The Morgan fingerprint density at radius 1 is 1.40 bits per heavy atom. The zero-order chi connectivity index (χ0) is 17.5. The van der Waals surface area contributed by atoms with E-state index in [0.29, 0.717) is 36.8 Å². The maximum absolute atomic E-state index is 12.5. The second-order valence-electron chi connectivity index (χ2n) is 5.88. The van der Waals surface area contributed by atoms with E-state index in [9.17, 15) is 4.79 Å². The van der Waals surface area contributed by atoms with Crippen molar-refractivity contribution in [2.45, 2.75) is 25.5 Å². The minimum Gasteiger partial charge on any atom is -0.490 e. The summed E-state index contributed by atoms with van der Waals surface area (Å²) in [7, 11) is 1.61. The third-order valence-corrected chi connectivity index (χ3v) is 3.98. The third kappa shape index (κ3) is 4.80. The lowest BCUT2D eigenvalue weighted by molar-refractivity contribution is 0.0940. The minimum atomic E-state index is -0.232. The number of benzene rings is 1. The van der Waals surface area contributed by atoms with Gasteiger partial charge in [-0.3, -0.25) is 9.48 Å². The number of hydrogen-bond donors (Lipinski definition) is 1. The lowest BCUT2D eigenvalue weighted by atomic mass is 10.2. The fourth-order valence-electron chi connectivity index (χ4n) is 2.74. The second-order valence-corrected chi connectivity index (χ2v) is 5.88. The third-order valence-electron chi connectivity index (χ3n) is 3.98. The number of para-hydroxylation sites is 1. The molecule has 0 aliphatic carbocycles. The molecule has 0 bridgehead atoms. The van der Waals surface area contributed by atoms with Crippen LogP contribution in [0.2, 0.25) is 0 Å². The first kappa shape index (κ1) is 17.4. The van der Waals surface area contributed by atoms with Crippen LogP contribution in [0.25, 0.3) is 0 Å². The molecule has 1 fully saturated rings. The van der Waals surface area contributed by atoms with Crippen molar-refractivity contribution in [1.29, 1.82) is 0 Å². The monoisotopic (exact) mass is 345 g/mol. The van der Waals surface area contributed by atoms with Crippen molar-refractivity contribution in [2.75, 3.05) is 32.2 Å². The van der Waals surface area contributed by atoms with Gasteiger partial charge in [-0.05, 0) is 25.0 Å². The van der Waals surface area contributed by atoms with Crippen LogP contribution in [0.4, 0.5) is 5.69 Å². The van der Waals surface area contributed by atoms with Gasteiger partial charge in [0.05, 0.1) is 36.7 Å². The predicted molar refractivity (Wildman–Crippen MR) is 93.0 cm³/mol. The Labute approximate surface area is 146 Å². The van der Waals surface area contributed by atoms with Crippen molar-refractivity contribution in [3.8, 4) is 5.75 Å². The van der Waals surface area contributed by atoms with Crippen molar-refractivity contribution in [3.63, 3.8) is 0 Å². The van der Waals surface area contributed by atoms with Gasteiger partial charge in [-0.1, -0.05) is 12.1 Å². The Bertz CT molecular complexity index is 695. The molecule has 1 N–H and O–H groups in total. The smallest absolute Gasteiger partial charge is 0.259 e. The molecule has 7 nitrogen and oxygen atoms in total. The molecule has 1 aromatic heterocycles. The summed E-state index contributed by atoms with van der Waals surface area (Å²) in [5.41, 5.74) is 1.13. The number of hydrogen-bond acceptors (Lipinski definition) is 5. The zero-order valence-corrected chi connectivity index (χ0v) is 14.3. The molecule has 7 heteroatoms. The van der Waals surface area contributed by atoms with E-state index >= 15 is 0 Å². The lowest BCUT2D eigenvalue weighted by Crippen LogP contribution is -2.16. The average Bonchev–Trinajstić information content (AvgIpc) is 3.28. The Kier molecular flexibility index (Phi) is 6.03. The lowest BCUT2D eigenvalue weighted by Gasteiger charge is -2.11. The number of carbonyl (C=O) groups is 1. The highest BCUT2D eigenvalue weighted by atomic mass is 16.5. The molecular formula is C18H23N3O4. The van der Waals surface area contributed by atoms with E-state index in [0.717, 1.165) is 19.4 Å². The fraction of sp³-hybridized carbons (Fsp3) is 0.444. The summed E-state index contributed by atoms with van der Waals surface area (Å²) in [5, 5.41) is 7.14. The number of aromatic nitrogens is 2. The number of amides is 1. The van der Waals surface area contributed by atoms with Gasteiger partial charge in [0.1, 0.15) is 12.4 Å². The number of carbonyl (C=O) groups excluding carboxylic acids is 1. The topological polar surface area (TPSA) is 74.6 Å². The molecule has 2 heterocycles. The van der Waals surface area contributed by atoms with Crippen molar-refractivity contribution in [1.82, 2.24) is 9.78 Å². The van der Waals surface area contributed by atoms with E-state index in [-0.39, 0.29) is 12.0 Å². The number of ether oxygens (including phenoxy) is 3. The number of nitrogens with one attached hydrogen (secondary N) is 1. The first-order chi connectivity index (χ1) is 12.3. The SMILES string of the molecule is COCCOc1ccccc1C(=O)Nc1cnn(C[C@H]2CCCO2)c1. The van der Waals surface area contributed by atoms with Crippen LogP contribution >= 0.6 is 0 Å². The molecule has 1 aromatic carbocycles. The summed E-state index contributed by atoms with van der Waals surface area (Å²) in [4.78, 5) is 12.5. The van der Waals surface area contributed by atoms with Gasteiger partial charge in [-0.15, -0.1) is 0 Å². The van der Waals surface area contributed by atoms with Crippen LogP contribution in [-0.2, 0) is 16.0 Å². The summed E-state index contributed by atoms with van der Waals surface area (Å²) >= 11 is 0. The number of methoxy groups -OCH3 is 1. The van der Waals surface area contributed by atoms with Gasteiger partial charge in [-0.25, -0.2) is 0 Å². The molecule has 0 radical (unpaired) electrons. The van der Waals surface area contributed by atoms with E-state index < -0.39 is 0 Å². The Balaban J connectivity index is 1.61. The average molecular weight is 345 g/mol. The van der Waals surface area contributed by atoms with E-state index in [2.05, 4.69) is 10.4 Å². The van der Waals surface area contributed by atoms with E-state index in [1.165, 1.54) is 0 Å². The van der Waals surface area contributed by atoms with Crippen LogP contribution in [0.15, 0.2) is 36.7 Å². The number of anilines is 1. The van der Waals surface area contributed by atoms with E-state index in [1.54, 1.807) is 36.2 Å². The quantitative estimate of drug-likeness (QED) is 0.743. The molecular weight excluding hydrogens is 322 g/mol. The van der Waals surface area contributed by atoms with Crippen molar-refractivity contribution < 1.29 is 19.0 Å². The Morgan fingerprint density at radius 3 is 3.08 bits per heavy atom. The molecule has 1 aliphatic heterocycles. The number of rotatable bonds is 8. The molecule has 1 amide bonds. The van der Waals surface area contributed by atoms with Crippen LogP contribution in [0.1, 0.15) is 23.2 Å². The van der Waals surface area contributed by atoms with E-state index in [1.807, 2.05) is 12.3 Å². The predicted octanol–water partition coefficient (Wildman–Crippen LogP) is 2.34. The molecule has 3 rings (SSSR count). The highest BCUT2D eigenvalue weighted by molar-refractivity contribution is 6.06. The molecule has 134 valence electrons. The first-order valence-corrected chi connectivity index (χ1v) is 8.42. The van der Waals surface area contributed by atoms with Crippen molar-refractivity contribution >= 4 is 11.6 Å². The van der Waals surface area contributed by atoms with Gasteiger partial charge < -0.3 is 19.5 Å². The maximum atomic E-state index is 12.5. The Morgan fingerprint density at radius 2 is 2.28 bits per heavy atom. The van der Waals surface area contributed by atoms with Crippen LogP contribution in [0.5, 0.6) is 5.75 Å². The second kappa shape index (κ2) is 8.64. The molecule has 1 aliphatic rings. The molecule has 2 aromatic rings. The molecule has 1 atom stereocenters. The van der Waals surface area contributed by atoms with Crippen molar-refractivity contribution in [3.05, 3.63) is 42.2 Å². The van der Waals surface area contributed by atoms with Crippen LogP contribution < -0.4 is 10.1 Å². The van der Waals surface area contributed by atoms with Gasteiger partial charge in [0, 0.05) is 19.9 Å². The molecule has 0 spiro atoms. The summed E-state index contributed by atoms with van der Waals surface area (Å²) in [5.74, 6) is 0.300. The van der Waals surface area contributed by atoms with Gasteiger partial charge in [0.25, 0.3) is 5.91 Å². The highest BCUT2D eigenvalue weighted by Gasteiger charge is 2.17. The standard InChI is InChI=1S/C18H23N3O4/c1-23-9-10-25-17-7-3-2-6-16(17)18(22)20-14-11-19-21(12-14)13-15-5-4-8-24-15/h2-3,6-7,11-12,15H,4-5,8-10,13H2,1H3,(H,20,22)/t15-/m1/s1. The first-order valence-electron chi connectivity index (χ1n) is 8.42. The molecule has 0 unspecified atom stereocenters. The van der Waals surface area contributed by atoms with Crippen LogP contribution in [0.3, 0.4) is 0 Å². The zero-order valence-electron chi connectivity index (χ0n) is 14.3. The normalized spacial score (nSPS) is 16.8. The molecule has 0 saturated carbocycles. The van der Waals surface area contributed by atoms with E-state index in [4.69, 9.17) is 14.2 Å². The molecule has 25 heavy (non-hydrogen) atoms.